The average Bonchev–Trinajstić information content (AvgIpc) is 2.94. The largest absolute Gasteiger partial charge is 0.335 e. The van der Waals surface area contributed by atoms with Gasteiger partial charge in [-0.1, -0.05) is 30.3 Å². The van der Waals surface area contributed by atoms with Crippen LogP contribution in [0.25, 0.3) is 0 Å². The maximum Gasteiger partial charge on any atom is 0.258 e. The molecule has 2 N–H and O–H groups in total. The number of benzene rings is 1. The van der Waals surface area contributed by atoms with E-state index in [1.165, 1.54) is 12.5 Å². The summed E-state index contributed by atoms with van der Waals surface area (Å²) in [5.41, 5.74) is -0.0830. The first-order valence-corrected chi connectivity index (χ1v) is 7.63. The summed E-state index contributed by atoms with van der Waals surface area (Å²) >= 11 is 5.96. The van der Waals surface area contributed by atoms with E-state index in [0.717, 1.165) is 5.56 Å². The Hall–Kier alpha value is -1.37. The number of nitrogens with zero attached hydrogens (tertiary/aromatic N) is 1. The van der Waals surface area contributed by atoms with Crippen molar-refractivity contribution in [3.05, 3.63) is 48.4 Å². The van der Waals surface area contributed by atoms with Crippen LogP contribution in [0.2, 0.25) is 0 Å². The number of hydrogen-bond donors (Lipinski definition) is 2. The van der Waals surface area contributed by atoms with Gasteiger partial charge in [-0.2, -0.15) is 4.72 Å². The Bertz CT molecular complexity index is 628. The van der Waals surface area contributed by atoms with Crippen LogP contribution in [0.3, 0.4) is 0 Å². The molecule has 0 aliphatic carbocycles. The van der Waals surface area contributed by atoms with Crippen LogP contribution in [0.15, 0.2) is 47.9 Å². The number of halogens is 1. The molecule has 1 aromatic heterocycles. The number of imidazole rings is 1. The predicted molar refractivity (Wildman–Crippen MR) is 73.4 cm³/mol. The van der Waals surface area contributed by atoms with Gasteiger partial charge in [0.25, 0.3) is 10.0 Å². The number of aromatic amines is 1. The van der Waals surface area contributed by atoms with Gasteiger partial charge in [-0.15, -0.1) is 11.6 Å². The fourth-order valence-corrected chi connectivity index (χ4v) is 3.31. The molecule has 0 saturated carbocycles. The molecule has 1 aromatic carbocycles. The van der Waals surface area contributed by atoms with E-state index in [4.69, 9.17) is 11.6 Å². The summed E-state index contributed by atoms with van der Waals surface area (Å²) in [5, 5.41) is 0.0137. The number of nitrogens with one attached hydrogen (secondary N) is 2. The lowest BCUT2D eigenvalue weighted by molar-refractivity contribution is 0.475. The second-order valence-corrected chi connectivity index (χ2v) is 6.27. The third-order valence-electron chi connectivity index (χ3n) is 2.80. The summed E-state index contributed by atoms with van der Waals surface area (Å²) in [6, 6.07) is 9.20. The fraction of sp³-hybridized carbons (Fsp3) is 0.250. The van der Waals surface area contributed by atoms with Crippen molar-refractivity contribution in [3.8, 4) is 0 Å². The van der Waals surface area contributed by atoms with E-state index in [1.807, 2.05) is 30.3 Å². The Morgan fingerprint density at radius 3 is 2.58 bits per heavy atom. The van der Waals surface area contributed by atoms with Crippen LogP contribution in [0.4, 0.5) is 0 Å². The number of aromatic nitrogens is 2. The van der Waals surface area contributed by atoms with Crippen LogP contribution in [0, 0.1) is 0 Å². The van der Waals surface area contributed by atoms with Gasteiger partial charge in [0.05, 0.1) is 18.1 Å². The Kier molecular flexibility index (Phi) is 3.93. The highest BCUT2D eigenvalue weighted by atomic mass is 35.5. The molecule has 2 aromatic rings. The number of sulfonamides is 1. The highest BCUT2D eigenvalue weighted by Crippen LogP contribution is 2.24. The minimum absolute atomic E-state index is 0.0137. The van der Waals surface area contributed by atoms with Crippen LogP contribution in [0.5, 0.6) is 0 Å². The van der Waals surface area contributed by atoms with Crippen molar-refractivity contribution in [2.24, 2.45) is 0 Å². The van der Waals surface area contributed by atoms with Gasteiger partial charge < -0.3 is 4.98 Å². The molecule has 102 valence electrons. The molecule has 0 aliphatic heterocycles. The molecule has 2 rings (SSSR count). The standard InChI is InChI=1S/C12H14ClN3O2S/c1-12(8-13,10-5-3-2-4-6-10)16-19(17,18)11-7-14-9-15-11/h2-7,9,16H,8H2,1H3,(H,14,15). The highest BCUT2D eigenvalue weighted by molar-refractivity contribution is 7.89. The van der Waals surface area contributed by atoms with Crippen LogP contribution in [-0.4, -0.2) is 24.3 Å². The summed E-state index contributed by atoms with van der Waals surface area (Å²) in [7, 11) is -3.69. The molecule has 0 saturated heterocycles. The lowest BCUT2D eigenvalue weighted by Crippen LogP contribution is -2.45. The number of hydrogen-bond acceptors (Lipinski definition) is 3. The monoisotopic (exact) mass is 299 g/mol. The van der Waals surface area contributed by atoms with E-state index < -0.39 is 15.6 Å². The number of alkyl halides is 1. The maximum absolute atomic E-state index is 12.2. The van der Waals surface area contributed by atoms with Gasteiger partial charge in [-0.05, 0) is 12.5 Å². The molecule has 1 heterocycles. The summed E-state index contributed by atoms with van der Waals surface area (Å²) in [6.07, 6.45) is 2.57. The summed E-state index contributed by atoms with van der Waals surface area (Å²) in [4.78, 5) is 6.28. The van der Waals surface area contributed by atoms with Crippen molar-refractivity contribution in [1.29, 1.82) is 0 Å². The second kappa shape index (κ2) is 5.32. The molecule has 1 atom stereocenters. The van der Waals surface area contributed by atoms with Gasteiger partial charge in [-0.25, -0.2) is 13.4 Å². The van der Waals surface area contributed by atoms with Crippen LogP contribution in [-0.2, 0) is 15.6 Å². The first-order chi connectivity index (χ1) is 8.98. The summed E-state index contributed by atoms with van der Waals surface area (Å²) < 4.78 is 27.0. The third kappa shape index (κ3) is 2.97. The molecular formula is C12H14ClN3O2S. The van der Waals surface area contributed by atoms with Crippen LogP contribution >= 0.6 is 11.6 Å². The molecule has 0 amide bonds. The molecule has 7 heteroatoms. The van der Waals surface area contributed by atoms with Crippen molar-refractivity contribution in [1.82, 2.24) is 14.7 Å². The Morgan fingerprint density at radius 2 is 2.05 bits per heavy atom. The van der Waals surface area contributed by atoms with E-state index in [9.17, 15) is 8.42 Å². The van der Waals surface area contributed by atoms with Gasteiger partial charge >= 0.3 is 0 Å². The van der Waals surface area contributed by atoms with E-state index in [1.54, 1.807) is 6.92 Å². The molecule has 1 unspecified atom stereocenters. The summed E-state index contributed by atoms with van der Waals surface area (Å²) in [6.45, 7) is 1.74. The van der Waals surface area contributed by atoms with Crippen molar-refractivity contribution >= 4 is 21.6 Å². The van der Waals surface area contributed by atoms with Crippen LogP contribution in [0.1, 0.15) is 12.5 Å². The zero-order chi connectivity index (χ0) is 13.9. The van der Waals surface area contributed by atoms with Crippen LogP contribution < -0.4 is 4.72 Å². The first kappa shape index (κ1) is 14.0. The smallest absolute Gasteiger partial charge is 0.258 e. The van der Waals surface area contributed by atoms with E-state index in [2.05, 4.69) is 14.7 Å². The van der Waals surface area contributed by atoms with Crippen molar-refractivity contribution in [2.45, 2.75) is 17.5 Å². The second-order valence-electron chi connectivity index (χ2n) is 4.35. The fourth-order valence-electron chi connectivity index (χ4n) is 1.71. The molecule has 0 radical (unpaired) electrons. The normalized spacial score (nSPS) is 15.1. The van der Waals surface area contributed by atoms with Crippen molar-refractivity contribution in [2.75, 3.05) is 5.88 Å². The maximum atomic E-state index is 12.2. The highest BCUT2D eigenvalue weighted by Gasteiger charge is 2.32. The average molecular weight is 300 g/mol. The zero-order valence-corrected chi connectivity index (χ0v) is 11.9. The number of H-pyrrole nitrogens is 1. The minimum Gasteiger partial charge on any atom is -0.335 e. The van der Waals surface area contributed by atoms with E-state index >= 15 is 0 Å². The first-order valence-electron chi connectivity index (χ1n) is 5.62. The molecular weight excluding hydrogens is 286 g/mol. The van der Waals surface area contributed by atoms with Crippen molar-refractivity contribution < 1.29 is 8.42 Å². The van der Waals surface area contributed by atoms with Gasteiger partial charge in [0.1, 0.15) is 0 Å². The third-order valence-corrected chi connectivity index (χ3v) is 4.86. The molecule has 19 heavy (non-hydrogen) atoms. The van der Waals surface area contributed by atoms with Gasteiger partial charge in [-0.3, -0.25) is 0 Å². The predicted octanol–water partition coefficient (Wildman–Crippen LogP) is 1.84. The topological polar surface area (TPSA) is 74.8 Å². The van der Waals surface area contributed by atoms with Gasteiger partial charge in [0, 0.05) is 5.88 Å². The quantitative estimate of drug-likeness (QED) is 0.827. The zero-order valence-electron chi connectivity index (χ0n) is 10.3. The van der Waals surface area contributed by atoms with Crippen molar-refractivity contribution in [3.63, 3.8) is 0 Å². The Morgan fingerprint density at radius 1 is 1.37 bits per heavy atom. The molecule has 5 nitrogen and oxygen atoms in total. The summed E-state index contributed by atoms with van der Waals surface area (Å²) in [5.74, 6) is 0.115. The molecule has 0 spiro atoms. The van der Waals surface area contributed by atoms with Gasteiger partial charge in [0.2, 0.25) is 0 Å². The molecule has 0 aliphatic rings. The number of rotatable bonds is 5. The van der Waals surface area contributed by atoms with Gasteiger partial charge in [0.15, 0.2) is 5.03 Å². The van der Waals surface area contributed by atoms with E-state index in [0.29, 0.717) is 0 Å². The minimum atomic E-state index is -3.69. The lowest BCUT2D eigenvalue weighted by Gasteiger charge is -2.28. The molecule has 0 bridgehead atoms. The molecule has 0 fully saturated rings. The Balaban J connectivity index is 2.35. The Labute approximate surface area is 117 Å². The van der Waals surface area contributed by atoms with E-state index in [-0.39, 0.29) is 10.9 Å². The lowest BCUT2D eigenvalue weighted by atomic mass is 9.96. The SMILES string of the molecule is CC(CCl)(NS(=O)(=O)c1cnc[nH]1)c1ccccc1.